The van der Waals surface area contributed by atoms with Gasteiger partial charge in [0.1, 0.15) is 10.7 Å². The van der Waals surface area contributed by atoms with Crippen LogP contribution in [0.4, 0.5) is 0 Å². The predicted molar refractivity (Wildman–Crippen MR) is 138 cm³/mol. The van der Waals surface area contributed by atoms with Crippen LogP contribution in [0.2, 0.25) is 0 Å². The highest BCUT2D eigenvalue weighted by Gasteiger charge is 2.24. The monoisotopic (exact) mass is 496 g/mol. The second kappa shape index (κ2) is 9.64. The van der Waals surface area contributed by atoms with E-state index in [1.807, 2.05) is 31.2 Å². The van der Waals surface area contributed by atoms with Crippen molar-refractivity contribution >= 4 is 44.2 Å². The van der Waals surface area contributed by atoms with Crippen molar-refractivity contribution in [2.45, 2.75) is 56.5 Å². The van der Waals surface area contributed by atoms with Crippen LogP contribution in [0.15, 0.2) is 39.0 Å². The van der Waals surface area contributed by atoms with E-state index >= 15 is 0 Å². The summed E-state index contributed by atoms with van der Waals surface area (Å²) in [5.74, 6) is 1.25. The largest absolute Gasteiger partial charge is 0.385 e. The Morgan fingerprint density at radius 2 is 2.12 bits per heavy atom. The third-order valence-electron chi connectivity index (χ3n) is 6.41. The lowest BCUT2D eigenvalue weighted by Gasteiger charge is -2.17. The Kier molecular flexibility index (Phi) is 6.59. The maximum atomic E-state index is 13.2. The number of H-pyrrole nitrogens is 1. The van der Waals surface area contributed by atoms with Crippen molar-refractivity contribution < 1.29 is 4.74 Å². The van der Waals surface area contributed by atoms with Gasteiger partial charge in [0.05, 0.1) is 21.5 Å². The van der Waals surface area contributed by atoms with Crippen molar-refractivity contribution in [3.8, 4) is 0 Å². The summed E-state index contributed by atoms with van der Waals surface area (Å²) < 4.78 is 6.90. The van der Waals surface area contributed by atoms with Crippen LogP contribution in [0, 0.1) is 5.92 Å². The summed E-state index contributed by atoms with van der Waals surface area (Å²) in [6, 6.07) is 7.40. The van der Waals surface area contributed by atoms with Crippen LogP contribution in [0.3, 0.4) is 0 Å². The number of fused-ring (bicyclic) bond motifs is 4. The van der Waals surface area contributed by atoms with Crippen molar-refractivity contribution in [1.82, 2.24) is 19.5 Å². The maximum Gasteiger partial charge on any atom is 0.262 e. The van der Waals surface area contributed by atoms with Gasteiger partial charge in [-0.3, -0.25) is 14.2 Å². The number of nitrogens with zero attached hydrogens (tertiary/aromatic N) is 3. The number of hydrogen-bond acceptors (Lipinski definition) is 7. The first-order valence-corrected chi connectivity index (χ1v) is 13.4. The highest BCUT2D eigenvalue weighted by molar-refractivity contribution is 7.99. The van der Waals surface area contributed by atoms with Gasteiger partial charge >= 0.3 is 0 Å². The van der Waals surface area contributed by atoms with Gasteiger partial charge in [0.25, 0.3) is 11.1 Å². The number of aryl methyl sites for hydroxylation is 1. The van der Waals surface area contributed by atoms with Gasteiger partial charge in [-0.2, -0.15) is 0 Å². The van der Waals surface area contributed by atoms with Crippen molar-refractivity contribution in [2.75, 3.05) is 13.7 Å². The molecule has 7 nitrogen and oxygen atoms in total. The molecule has 1 aromatic carbocycles. The quantitative estimate of drug-likeness (QED) is 0.226. The molecule has 1 N–H and O–H groups in total. The fraction of sp³-hybridized carbons (Fsp3) is 0.440. The van der Waals surface area contributed by atoms with E-state index in [9.17, 15) is 9.59 Å². The standard InChI is InChI=1S/C25H28N4O3S2/c1-14-9-10-17-19(13-14)34-23-20(17)22(30)27-21(28-23)15(2)33-25-26-18-8-5-4-7-16(18)24(31)29(25)11-6-12-32-3/h4-5,7-8,14-15H,6,9-13H2,1-3H3,(H,27,28,30). The van der Waals surface area contributed by atoms with Crippen LogP contribution >= 0.6 is 23.1 Å². The van der Waals surface area contributed by atoms with E-state index in [0.29, 0.717) is 47.4 Å². The zero-order valence-electron chi connectivity index (χ0n) is 19.6. The zero-order valence-corrected chi connectivity index (χ0v) is 21.2. The number of ether oxygens (including phenoxy) is 1. The third-order valence-corrected chi connectivity index (χ3v) is 8.66. The molecule has 9 heteroatoms. The first kappa shape index (κ1) is 23.3. The van der Waals surface area contributed by atoms with Gasteiger partial charge in [-0.1, -0.05) is 30.8 Å². The van der Waals surface area contributed by atoms with Gasteiger partial charge in [-0.25, -0.2) is 9.97 Å². The first-order chi connectivity index (χ1) is 16.5. The molecule has 0 spiro atoms. The predicted octanol–water partition coefficient (Wildman–Crippen LogP) is 4.71. The number of aromatic nitrogens is 4. The number of benzene rings is 1. The smallest absolute Gasteiger partial charge is 0.262 e. The van der Waals surface area contributed by atoms with Crippen LogP contribution in [0.5, 0.6) is 0 Å². The normalized spacial score (nSPS) is 16.7. The van der Waals surface area contributed by atoms with Crippen molar-refractivity contribution in [2.24, 2.45) is 5.92 Å². The molecule has 178 valence electrons. The molecule has 34 heavy (non-hydrogen) atoms. The summed E-state index contributed by atoms with van der Waals surface area (Å²) in [6.45, 7) is 5.33. The third kappa shape index (κ3) is 4.32. The minimum atomic E-state index is -0.183. The molecule has 3 aromatic heterocycles. The molecule has 5 rings (SSSR count). The van der Waals surface area contributed by atoms with Crippen molar-refractivity contribution in [1.29, 1.82) is 0 Å². The first-order valence-electron chi connectivity index (χ1n) is 11.7. The van der Waals surface area contributed by atoms with Crippen molar-refractivity contribution in [3.05, 3.63) is 61.2 Å². The van der Waals surface area contributed by atoms with E-state index in [-0.39, 0.29) is 16.4 Å². The minimum Gasteiger partial charge on any atom is -0.385 e. The molecule has 0 aliphatic heterocycles. The summed E-state index contributed by atoms with van der Waals surface area (Å²) in [7, 11) is 1.65. The Hall–Kier alpha value is -2.49. The Morgan fingerprint density at radius 3 is 2.94 bits per heavy atom. The number of hydrogen-bond donors (Lipinski definition) is 1. The number of aromatic amines is 1. The van der Waals surface area contributed by atoms with Crippen LogP contribution in [0.25, 0.3) is 21.1 Å². The lowest BCUT2D eigenvalue weighted by atomic mass is 9.89. The fourth-order valence-electron chi connectivity index (χ4n) is 4.57. The molecular weight excluding hydrogens is 468 g/mol. The molecule has 0 radical (unpaired) electrons. The molecule has 1 aliphatic carbocycles. The van der Waals surface area contributed by atoms with Gasteiger partial charge < -0.3 is 9.72 Å². The second-order valence-corrected chi connectivity index (χ2v) is 11.3. The number of rotatable bonds is 7. The Bertz CT molecular complexity index is 1470. The average Bonchev–Trinajstić information content (AvgIpc) is 3.19. The minimum absolute atomic E-state index is 0.0617. The van der Waals surface area contributed by atoms with Crippen LogP contribution in [0.1, 0.15) is 48.2 Å². The van der Waals surface area contributed by atoms with E-state index in [4.69, 9.17) is 14.7 Å². The van der Waals surface area contributed by atoms with E-state index in [0.717, 1.165) is 29.5 Å². The molecule has 1 aliphatic rings. The average molecular weight is 497 g/mol. The maximum absolute atomic E-state index is 13.2. The highest BCUT2D eigenvalue weighted by Crippen LogP contribution is 2.37. The SMILES string of the molecule is COCCCn1c(SC(C)c2nc3sc4c(c3c(=O)[nH]2)CCC(C)C4)nc2ccccc2c1=O. The number of para-hydroxylation sites is 1. The Labute approximate surface area is 205 Å². The van der Waals surface area contributed by atoms with E-state index in [1.165, 1.54) is 22.2 Å². The summed E-state index contributed by atoms with van der Waals surface area (Å²) in [5, 5.41) is 1.79. The van der Waals surface area contributed by atoms with Crippen LogP contribution in [-0.4, -0.2) is 33.2 Å². The molecular formula is C25H28N4O3S2. The Balaban J connectivity index is 1.52. The van der Waals surface area contributed by atoms with Crippen LogP contribution in [-0.2, 0) is 24.1 Å². The number of nitrogens with one attached hydrogen (secondary N) is 1. The molecule has 0 saturated heterocycles. The van der Waals surface area contributed by atoms with Crippen LogP contribution < -0.4 is 11.1 Å². The number of methoxy groups -OCH3 is 1. The lowest BCUT2D eigenvalue weighted by molar-refractivity contribution is 0.189. The van der Waals surface area contributed by atoms with E-state index in [1.54, 1.807) is 23.0 Å². The highest BCUT2D eigenvalue weighted by atomic mass is 32.2. The fourth-order valence-corrected chi connectivity index (χ4v) is 6.96. The van der Waals surface area contributed by atoms with Gasteiger partial charge in [-0.15, -0.1) is 11.3 Å². The number of thiophene rings is 1. The summed E-state index contributed by atoms with van der Waals surface area (Å²) in [4.78, 5) is 41.1. The van der Waals surface area contributed by atoms with E-state index in [2.05, 4.69) is 11.9 Å². The van der Waals surface area contributed by atoms with Gasteiger partial charge in [0.15, 0.2) is 5.16 Å². The molecule has 3 heterocycles. The molecule has 2 atom stereocenters. The van der Waals surface area contributed by atoms with Crippen molar-refractivity contribution in [3.63, 3.8) is 0 Å². The molecule has 0 saturated carbocycles. The van der Waals surface area contributed by atoms with Gasteiger partial charge in [-0.05, 0) is 56.2 Å². The summed E-state index contributed by atoms with van der Waals surface area (Å²) >= 11 is 3.10. The molecule has 0 amide bonds. The summed E-state index contributed by atoms with van der Waals surface area (Å²) in [6.07, 6.45) is 3.78. The molecule has 2 unspecified atom stereocenters. The molecule has 4 aromatic rings. The Morgan fingerprint density at radius 1 is 1.29 bits per heavy atom. The molecule has 0 fully saturated rings. The van der Waals surface area contributed by atoms with Gasteiger partial charge in [0.2, 0.25) is 0 Å². The topological polar surface area (TPSA) is 89.9 Å². The van der Waals surface area contributed by atoms with E-state index < -0.39 is 0 Å². The summed E-state index contributed by atoms with van der Waals surface area (Å²) in [5.41, 5.74) is 1.72. The van der Waals surface area contributed by atoms with Gasteiger partial charge in [0, 0.05) is 25.1 Å². The lowest BCUT2D eigenvalue weighted by Crippen LogP contribution is -2.24. The molecule has 0 bridgehead atoms. The zero-order chi connectivity index (χ0) is 23.8. The number of thioether (sulfide) groups is 1. The second-order valence-electron chi connectivity index (χ2n) is 8.96.